The van der Waals surface area contributed by atoms with E-state index in [1.165, 1.54) is 167 Å². The van der Waals surface area contributed by atoms with E-state index in [0.717, 1.165) is 13.2 Å². The summed E-state index contributed by atoms with van der Waals surface area (Å²) in [6.07, 6.45) is 35.8. The molecule has 1 rings (SSSR count). The van der Waals surface area contributed by atoms with E-state index in [1.807, 2.05) is 0 Å². The van der Waals surface area contributed by atoms with Crippen LogP contribution in [0.4, 0.5) is 0 Å². The molecule has 258 valence electrons. The van der Waals surface area contributed by atoms with Crippen molar-refractivity contribution < 1.29 is 4.74 Å². The first-order valence-electron chi connectivity index (χ1n) is 19.6. The van der Waals surface area contributed by atoms with Gasteiger partial charge in [0.05, 0.1) is 0 Å². The van der Waals surface area contributed by atoms with Crippen molar-refractivity contribution in [1.29, 1.82) is 0 Å². The van der Waals surface area contributed by atoms with Crippen LogP contribution >= 0.6 is 0 Å². The number of unbranched alkanes of at least 4 members (excludes halogenated alkanes) is 18. The summed E-state index contributed by atoms with van der Waals surface area (Å²) in [4.78, 5) is 0. The molecule has 0 bridgehead atoms. The van der Waals surface area contributed by atoms with Crippen LogP contribution < -0.4 is 0 Å². The van der Waals surface area contributed by atoms with Crippen molar-refractivity contribution in [3.8, 4) is 0 Å². The quantitative estimate of drug-likeness (QED) is 0.145. The fourth-order valence-corrected chi connectivity index (χ4v) is 3.51. The van der Waals surface area contributed by atoms with Gasteiger partial charge < -0.3 is 4.74 Å². The van der Waals surface area contributed by atoms with Gasteiger partial charge in [0.2, 0.25) is 0 Å². The Morgan fingerprint density at radius 2 is 0.366 bits per heavy atom. The van der Waals surface area contributed by atoms with Crippen molar-refractivity contribution >= 4 is 0 Å². The molecule has 41 heavy (non-hydrogen) atoms. The second-order valence-electron chi connectivity index (χ2n) is 11.6. The van der Waals surface area contributed by atoms with Gasteiger partial charge in [-0.1, -0.05) is 237 Å². The summed E-state index contributed by atoms with van der Waals surface area (Å²) in [6.45, 7) is 28.8. The number of hydrogen-bond donors (Lipinski definition) is 0. The molecular formula is C40H92O. The first-order valence-corrected chi connectivity index (χ1v) is 19.6. The van der Waals surface area contributed by atoms with Crippen molar-refractivity contribution in [2.24, 2.45) is 0 Å². The van der Waals surface area contributed by atoms with Crippen LogP contribution in [0.5, 0.6) is 0 Å². The molecule has 0 unspecified atom stereocenters. The summed E-state index contributed by atoms with van der Waals surface area (Å²) in [7, 11) is 0. The van der Waals surface area contributed by atoms with Gasteiger partial charge in [-0.25, -0.2) is 0 Å². The minimum atomic E-state index is 1.00. The fraction of sp³-hybridized carbons (Fsp3) is 1.00. The third-order valence-electron chi connectivity index (χ3n) is 6.57. The average Bonchev–Trinajstić information content (AvgIpc) is 3.61. The Morgan fingerprint density at radius 1 is 0.244 bits per heavy atom. The van der Waals surface area contributed by atoms with Gasteiger partial charge in [0, 0.05) is 13.2 Å². The van der Waals surface area contributed by atoms with Gasteiger partial charge in [-0.05, 0) is 12.8 Å². The highest BCUT2D eigenvalue weighted by atomic mass is 16.5. The second-order valence-corrected chi connectivity index (χ2v) is 11.6. The van der Waals surface area contributed by atoms with Gasteiger partial charge >= 0.3 is 0 Å². The van der Waals surface area contributed by atoms with Gasteiger partial charge in [-0.3, -0.25) is 0 Å². The molecule has 0 spiro atoms. The fourth-order valence-electron chi connectivity index (χ4n) is 3.51. The predicted molar refractivity (Wildman–Crippen MR) is 199 cm³/mol. The highest BCUT2D eigenvalue weighted by Gasteiger charge is 1.94. The minimum Gasteiger partial charge on any atom is -0.381 e. The topological polar surface area (TPSA) is 9.23 Å². The van der Waals surface area contributed by atoms with E-state index in [1.54, 1.807) is 0 Å². The summed E-state index contributed by atoms with van der Waals surface area (Å²) in [6, 6.07) is 0. The zero-order valence-corrected chi connectivity index (χ0v) is 32.2. The van der Waals surface area contributed by atoms with E-state index in [9.17, 15) is 0 Å². The van der Waals surface area contributed by atoms with Crippen LogP contribution in [0.3, 0.4) is 0 Å². The largest absolute Gasteiger partial charge is 0.381 e. The number of hydrogen-bond acceptors (Lipinski definition) is 1. The molecule has 1 saturated heterocycles. The minimum absolute atomic E-state index is 1.00. The zero-order chi connectivity index (χ0) is 32.5. The Labute approximate surface area is 267 Å². The molecule has 1 heterocycles. The summed E-state index contributed by atoms with van der Waals surface area (Å²) in [5.74, 6) is 0. The van der Waals surface area contributed by atoms with Crippen LogP contribution in [0.15, 0.2) is 0 Å². The summed E-state index contributed by atoms with van der Waals surface area (Å²) in [5, 5.41) is 0. The highest BCUT2D eigenvalue weighted by molar-refractivity contribution is 4.43. The highest BCUT2D eigenvalue weighted by Crippen LogP contribution is 1.99. The molecule has 1 fully saturated rings. The lowest BCUT2D eigenvalue weighted by molar-refractivity contribution is 0.198. The maximum absolute atomic E-state index is 4.94. The Kier molecular flexibility index (Phi) is 94.4. The lowest BCUT2D eigenvalue weighted by atomic mass is 10.2. The lowest BCUT2D eigenvalue weighted by Crippen LogP contribution is -1.74. The van der Waals surface area contributed by atoms with E-state index in [-0.39, 0.29) is 0 Å². The summed E-state index contributed by atoms with van der Waals surface area (Å²) in [5.41, 5.74) is 0. The van der Waals surface area contributed by atoms with Crippen LogP contribution in [-0.4, -0.2) is 13.2 Å². The maximum Gasteiger partial charge on any atom is 0.0466 e. The van der Waals surface area contributed by atoms with E-state index >= 15 is 0 Å². The summed E-state index contributed by atoms with van der Waals surface area (Å²) < 4.78 is 4.94. The Morgan fingerprint density at radius 3 is 0.415 bits per heavy atom. The Hall–Kier alpha value is -0.0400. The second kappa shape index (κ2) is 72.3. The molecule has 1 aliphatic heterocycles. The molecular weight excluding hydrogens is 496 g/mol. The van der Waals surface area contributed by atoms with Crippen LogP contribution in [0.25, 0.3) is 0 Å². The SMILES string of the molecule is C1CCOC1.CCCCCC.CCCCCC.CCCCCC.CCCCCC.CCCCCC.CCCCCC. The Balaban J connectivity index is -0.0000000872. The first kappa shape index (κ1) is 53.5. The third kappa shape index (κ3) is 109. The van der Waals surface area contributed by atoms with E-state index in [2.05, 4.69) is 83.1 Å². The molecule has 0 N–H and O–H groups in total. The molecule has 1 heteroatoms. The monoisotopic (exact) mass is 589 g/mol. The van der Waals surface area contributed by atoms with Gasteiger partial charge in [0.1, 0.15) is 0 Å². The predicted octanol–water partition coefficient (Wildman–Crippen LogP) is 16.3. The van der Waals surface area contributed by atoms with Crippen LogP contribution in [0.2, 0.25) is 0 Å². The molecule has 0 amide bonds. The lowest BCUT2D eigenvalue weighted by Gasteiger charge is -1.86. The third-order valence-corrected chi connectivity index (χ3v) is 6.57. The molecule has 0 radical (unpaired) electrons. The maximum atomic E-state index is 4.94. The molecule has 0 aromatic heterocycles. The van der Waals surface area contributed by atoms with E-state index < -0.39 is 0 Å². The Bertz CT molecular complexity index is 191. The average molecular weight is 589 g/mol. The first-order chi connectivity index (χ1) is 20.0. The standard InChI is InChI=1S/6C6H14.C4H8O/c6*1-3-5-6-4-2;1-2-4-5-3-1/h6*3-6H2,1-2H3;1-4H2. The van der Waals surface area contributed by atoms with Crippen molar-refractivity contribution in [3.05, 3.63) is 0 Å². The van der Waals surface area contributed by atoms with Crippen molar-refractivity contribution in [2.75, 3.05) is 13.2 Å². The number of rotatable bonds is 18. The number of ether oxygens (including phenoxy) is 1. The van der Waals surface area contributed by atoms with Crippen LogP contribution in [-0.2, 0) is 4.74 Å². The normalized spacial score (nSPS) is 10.8. The molecule has 0 aromatic carbocycles. The summed E-state index contributed by atoms with van der Waals surface area (Å²) >= 11 is 0. The molecule has 0 saturated carbocycles. The van der Waals surface area contributed by atoms with E-state index in [0.29, 0.717) is 0 Å². The van der Waals surface area contributed by atoms with Gasteiger partial charge in [-0.15, -0.1) is 0 Å². The van der Waals surface area contributed by atoms with Gasteiger partial charge in [0.15, 0.2) is 0 Å². The van der Waals surface area contributed by atoms with Crippen molar-refractivity contribution in [1.82, 2.24) is 0 Å². The van der Waals surface area contributed by atoms with Gasteiger partial charge in [0.25, 0.3) is 0 Å². The molecule has 0 aliphatic carbocycles. The van der Waals surface area contributed by atoms with Gasteiger partial charge in [-0.2, -0.15) is 0 Å². The van der Waals surface area contributed by atoms with Crippen LogP contribution in [0.1, 0.15) is 250 Å². The molecule has 0 aromatic rings. The van der Waals surface area contributed by atoms with Crippen molar-refractivity contribution in [2.45, 2.75) is 250 Å². The molecule has 0 atom stereocenters. The molecule has 1 aliphatic rings. The van der Waals surface area contributed by atoms with Crippen molar-refractivity contribution in [3.63, 3.8) is 0 Å². The van der Waals surface area contributed by atoms with E-state index in [4.69, 9.17) is 4.74 Å². The zero-order valence-electron chi connectivity index (χ0n) is 32.2. The van der Waals surface area contributed by atoms with Crippen LogP contribution in [0, 0.1) is 0 Å². The smallest absolute Gasteiger partial charge is 0.0466 e. The molecule has 1 nitrogen and oxygen atoms in total.